The summed E-state index contributed by atoms with van der Waals surface area (Å²) in [5.41, 5.74) is 0.840. The van der Waals surface area contributed by atoms with Gasteiger partial charge in [-0.3, -0.25) is 0 Å². The van der Waals surface area contributed by atoms with Crippen molar-refractivity contribution < 1.29 is 9.90 Å². The lowest BCUT2D eigenvalue weighted by Crippen LogP contribution is -2.03. The minimum Gasteiger partial charge on any atom is -0.476 e. The van der Waals surface area contributed by atoms with Crippen molar-refractivity contribution in [2.45, 2.75) is 0 Å². The van der Waals surface area contributed by atoms with Crippen molar-refractivity contribution in [3.8, 4) is 5.69 Å². The number of carbonyl (C=O) groups is 1. The lowest BCUT2D eigenvalue weighted by atomic mass is 10.3. The molecule has 1 heterocycles. The standard InChI is InChI=1S/C11H11N3O2/c1-12-10-7-9(11(15)16)13-14(10)8-5-3-2-4-6-8/h2-7,12H,1H3,(H,15,16). The zero-order valence-corrected chi connectivity index (χ0v) is 8.71. The second-order valence-corrected chi connectivity index (χ2v) is 3.22. The number of hydrogen-bond donors (Lipinski definition) is 2. The third-order valence-electron chi connectivity index (χ3n) is 2.19. The molecular weight excluding hydrogens is 206 g/mol. The highest BCUT2D eigenvalue weighted by molar-refractivity contribution is 5.86. The first-order chi connectivity index (χ1) is 7.72. The first-order valence-electron chi connectivity index (χ1n) is 4.79. The molecule has 0 radical (unpaired) electrons. The van der Waals surface area contributed by atoms with Crippen molar-refractivity contribution in [1.29, 1.82) is 0 Å². The molecule has 0 atom stereocenters. The average molecular weight is 217 g/mol. The van der Waals surface area contributed by atoms with E-state index in [1.807, 2.05) is 30.3 Å². The van der Waals surface area contributed by atoms with Crippen LogP contribution in [0, 0.1) is 0 Å². The quantitative estimate of drug-likeness (QED) is 0.819. The van der Waals surface area contributed by atoms with E-state index < -0.39 is 5.97 Å². The van der Waals surface area contributed by atoms with Gasteiger partial charge in [0, 0.05) is 13.1 Å². The van der Waals surface area contributed by atoms with Crippen LogP contribution in [0.25, 0.3) is 5.69 Å². The predicted molar refractivity (Wildman–Crippen MR) is 60.1 cm³/mol. The van der Waals surface area contributed by atoms with Crippen molar-refractivity contribution in [2.75, 3.05) is 12.4 Å². The largest absolute Gasteiger partial charge is 0.476 e. The van der Waals surface area contributed by atoms with Gasteiger partial charge in [-0.05, 0) is 12.1 Å². The monoisotopic (exact) mass is 217 g/mol. The van der Waals surface area contributed by atoms with E-state index in [2.05, 4.69) is 10.4 Å². The Labute approximate surface area is 92.3 Å². The Hall–Kier alpha value is -2.30. The zero-order valence-electron chi connectivity index (χ0n) is 8.71. The van der Waals surface area contributed by atoms with E-state index in [1.54, 1.807) is 11.7 Å². The minimum absolute atomic E-state index is 0.0215. The molecule has 0 saturated carbocycles. The van der Waals surface area contributed by atoms with Crippen molar-refractivity contribution in [3.05, 3.63) is 42.1 Å². The number of aromatic carboxylic acids is 1. The first kappa shape index (κ1) is 10.2. The molecule has 0 amide bonds. The van der Waals surface area contributed by atoms with Crippen LogP contribution in [-0.4, -0.2) is 27.9 Å². The summed E-state index contributed by atoms with van der Waals surface area (Å²) >= 11 is 0. The number of anilines is 1. The van der Waals surface area contributed by atoms with Crippen LogP contribution in [0.1, 0.15) is 10.5 Å². The Morgan fingerprint density at radius 3 is 2.62 bits per heavy atom. The Balaban J connectivity index is 2.52. The Morgan fingerprint density at radius 1 is 1.38 bits per heavy atom. The molecule has 1 aromatic heterocycles. The Bertz CT molecular complexity index is 505. The fourth-order valence-corrected chi connectivity index (χ4v) is 1.43. The number of benzene rings is 1. The molecule has 1 aromatic carbocycles. The molecule has 82 valence electrons. The smallest absolute Gasteiger partial charge is 0.356 e. The van der Waals surface area contributed by atoms with Crippen molar-refractivity contribution in [3.63, 3.8) is 0 Å². The van der Waals surface area contributed by atoms with Crippen molar-refractivity contribution in [2.24, 2.45) is 0 Å². The SMILES string of the molecule is CNc1cc(C(=O)O)nn1-c1ccccc1. The molecule has 16 heavy (non-hydrogen) atoms. The van der Waals surface area contributed by atoms with Gasteiger partial charge >= 0.3 is 5.97 Å². The molecule has 5 heteroatoms. The van der Waals surface area contributed by atoms with E-state index in [4.69, 9.17) is 5.11 Å². The number of aromatic nitrogens is 2. The lowest BCUT2D eigenvalue weighted by molar-refractivity contribution is 0.0690. The summed E-state index contributed by atoms with van der Waals surface area (Å²) in [5.74, 6) is -0.394. The van der Waals surface area contributed by atoms with Gasteiger partial charge in [-0.1, -0.05) is 18.2 Å². The average Bonchev–Trinajstić information content (AvgIpc) is 2.74. The molecule has 0 fully saturated rings. The van der Waals surface area contributed by atoms with E-state index in [-0.39, 0.29) is 5.69 Å². The van der Waals surface area contributed by atoms with E-state index in [0.29, 0.717) is 5.82 Å². The summed E-state index contributed by atoms with van der Waals surface area (Å²) < 4.78 is 1.56. The van der Waals surface area contributed by atoms with Gasteiger partial charge in [-0.25, -0.2) is 9.48 Å². The molecule has 0 aliphatic rings. The lowest BCUT2D eigenvalue weighted by Gasteiger charge is -2.05. The van der Waals surface area contributed by atoms with Crippen molar-refractivity contribution >= 4 is 11.8 Å². The van der Waals surface area contributed by atoms with Crippen molar-refractivity contribution in [1.82, 2.24) is 9.78 Å². The van der Waals surface area contributed by atoms with Gasteiger partial charge in [-0.15, -0.1) is 0 Å². The fraction of sp³-hybridized carbons (Fsp3) is 0.0909. The van der Waals surface area contributed by atoms with Crippen LogP contribution < -0.4 is 5.32 Å². The van der Waals surface area contributed by atoms with Gasteiger partial charge in [0.15, 0.2) is 5.69 Å². The van der Waals surface area contributed by atoms with E-state index >= 15 is 0 Å². The molecule has 0 bridgehead atoms. The fourth-order valence-electron chi connectivity index (χ4n) is 1.43. The normalized spacial score (nSPS) is 10.1. The summed E-state index contributed by atoms with van der Waals surface area (Å²) in [7, 11) is 1.72. The topological polar surface area (TPSA) is 67.2 Å². The Morgan fingerprint density at radius 2 is 2.06 bits per heavy atom. The predicted octanol–water partition coefficient (Wildman–Crippen LogP) is 1.61. The number of hydrogen-bond acceptors (Lipinski definition) is 3. The third kappa shape index (κ3) is 1.75. The number of nitrogens with one attached hydrogen (secondary N) is 1. The van der Waals surface area contributed by atoms with Gasteiger partial charge in [0.1, 0.15) is 5.82 Å². The maximum Gasteiger partial charge on any atom is 0.356 e. The molecule has 2 rings (SSSR count). The summed E-state index contributed by atoms with van der Waals surface area (Å²) in [6, 6.07) is 10.9. The highest BCUT2D eigenvalue weighted by atomic mass is 16.4. The minimum atomic E-state index is -1.04. The highest BCUT2D eigenvalue weighted by Crippen LogP contribution is 2.16. The van der Waals surface area contributed by atoms with Crippen LogP contribution in [0.3, 0.4) is 0 Å². The van der Waals surface area contributed by atoms with Crippen LogP contribution in [0.4, 0.5) is 5.82 Å². The molecule has 0 unspecified atom stereocenters. The third-order valence-corrected chi connectivity index (χ3v) is 2.19. The van der Waals surface area contributed by atoms with E-state index in [9.17, 15) is 4.79 Å². The summed E-state index contributed by atoms with van der Waals surface area (Å²) in [5, 5.41) is 15.8. The summed E-state index contributed by atoms with van der Waals surface area (Å²) in [6.07, 6.45) is 0. The maximum atomic E-state index is 10.8. The number of carboxylic acids is 1. The first-order valence-corrected chi connectivity index (χ1v) is 4.79. The molecule has 2 N–H and O–H groups in total. The maximum absolute atomic E-state index is 10.8. The van der Waals surface area contributed by atoms with Gasteiger partial charge in [0.05, 0.1) is 5.69 Å². The van der Waals surface area contributed by atoms with Gasteiger partial charge in [0.25, 0.3) is 0 Å². The van der Waals surface area contributed by atoms with Crippen LogP contribution in [-0.2, 0) is 0 Å². The van der Waals surface area contributed by atoms with Crippen LogP contribution in [0.2, 0.25) is 0 Å². The zero-order chi connectivity index (χ0) is 11.5. The molecule has 5 nitrogen and oxygen atoms in total. The van der Waals surface area contributed by atoms with Crippen LogP contribution >= 0.6 is 0 Å². The molecule has 0 aliphatic carbocycles. The van der Waals surface area contributed by atoms with Gasteiger partial charge in [-0.2, -0.15) is 5.10 Å². The molecule has 0 aliphatic heterocycles. The molecule has 0 saturated heterocycles. The number of carboxylic acid groups (broad SMARTS) is 1. The van der Waals surface area contributed by atoms with Crippen LogP contribution in [0.15, 0.2) is 36.4 Å². The Kier molecular flexibility index (Phi) is 2.59. The van der Waals surface area contributed by atoms with E-state index in [0.717, 1.165) is 5.69 Å². The number of para-hydroxylation sites is 1. The van der Waals surface area contributed by atoms with E-state index in [1.165, 1.54) is 6.07 Å². The number of rotatable bonds is 3. The molecule has 2 aromatic rings. The summed E-state index contributed by atoms with van der Waals surface area (Å²) in [6.45, 7) is 0. The second kappa shape index (κ2) is 4.06. The highest BCUT2D eigenvalue weighted by Gasteiger charge is 2.12. The van der Waals surface area contributed by atoms with Crippen LogP contribution in [0.5, 0.6) is 0 Å². The molecule has 0 spiro atoms. The summed E-state index contributed by atoms with van der Waals surface area (Å²) in [4.78, 5) is 10.8. The molecular formula is C11H11N3O2. The second-order valence-electron chi connectivity index (χ2n) is 3.22. The van der Waals surface area contributed by atoms with Gasteiger partial charge in [0.2, 0.25) is 0 Å². The van der Waals surface area contributed by atoms with Gasteiger partial charge < -0.3 is 10.4 Å². The number of nitrogens with zero attached hydrogens (tertiary/aromatic N) is 2.